The Labute approximate surface area is 304 Å². The van der Waals surface area contributed by atoms with E-state index < -0.39 is 55.3 Å². The van der Waals surface area contributed by atoms with Crippen LogP contribution in [-0.4, -0.2) is 89.4 Å². The number of ether oxygens (including phenoxy) is 1. The number of carboxylic acid groups (broad SMARTS) is 1. The van der Waals surface area contributed by atoms with Crippen molar-refractivity contribution in [3.63, 3.8) is 0 Å². The first kappa shape index (κ1) is 40.1. The highest BCUT2D eigenvalue weighted by Crippen LogP contribution is 2.42. The second-order valence-corrected chi connectivity index (χ2v) is 22.2. The third-order valence-corrected chi connectivity index (χ3v) is 11.6. The monoisotopic (exact) mass is 745 g/mol. The molecule has 0 spiro atoms. The zero-order chi connectivity index (χ0) is 37.5. The van der Waals surface area contributed by atoms with Crippen molar-refractivity contribution in [2.24, 2.45) is 11.3 Å². The summed E-state index contributed by atoms with van der Waals surface area (Å²) < 4.78 is 52.8. The van der Waals surface area contributed by atoms with Crippen LogP contribution < -0.4 is 0 Å². The number of carboxylic acids is 1. The molecule has 1 aromatic heterocycles. The summed E-state index contributed by atoms with van der Waals surface area (Å²) in [5, 5.41) is 9.15. The summed E-state index contributed by atoms with van der Waals surface area (Å²) in [4.78, 5) is 41.4. The molecule has 1 saturated heterocycles. The van der Waals surface area contributed by atoms with Crippen LogP contribution in [0.5, 0.6) is 0 Å². The van der Waals surface area contributed by atoms with E-state index in [9.17, 15) is 18.8 Å². The molecule has 1 aliphatic rings. The van der Waals surface area contributed by atoms with Gasteiger partial charge in [-0.05, 0) is 41.3 Å². The number of alkyl halides is 1. The van der Waals surface area contributed by atoms with E-state index in [1.54, 1.807) is 17.2 Å². The lowest BCUT2D eigenvalue weighted by Gasteiger charge is -2.42. The SMILES string of the molecule is CC(C)(C)[C@H](c1cc(-c2cc(F)ccc2F)cn1Cc1ccccc1)N(CC1CN(C(=O)OCC[Si](C)(C)C)C[C@@H]1F)C(=O)CSCCC(=O)O. The van der Waals surface area contributed by atoms with Crippen molar-refractivity contribution in [1.82, 2.24) is 14.4 Å². The molecule has 1 N–H and O–H groups in total. The molecule has 1 unspecified atom stereocenters. The van der Waals surface area contributed by atoms with Gasteiger partial charge in [-0.15, -0.1) is 0 Å². The van der Waals surface area contributed by atoms with E-state index >= 15 is 8.78 Å². The number of nitrogens with zero attached hydrogens (tertiary/aromatic N) is 3. The number of carbonyl (C=O) groups is 3. The van der Waals surface area contributed by atoms with Gasteiger partial charge in [0, 0.05) is 62.4 Å². The zero-order valence-electron chi connectivity index (χ0n) is 30.3. The molecule has 1 fully saturated rings. The van der Waals surface area contributed by atoms with Crippen molar-refractivity contribution >= 4 is 37.8 Å². The van der Waals surface area contributed by atoms with E-state index in [-0.39, 0.29) is 55.6 Å². The Kier molecular flexibility index (Phi) is 13.5. The number of aliphatic carboxylic acids is 1. The number of hydrogen-bond acceptors (Lipinski definition) is 5. The molecule has 3 aromatic rings. The first-order chi connectivity index (χ1) is 23.9. The van der Waals surface area contributed by atoms with Crippen molar-refractivity contribution in [3.8, 4) is 11.1 Å². The number of rotatable bonds is 15. The van der Waals surface area contributed by atoms with Gasteiger partial charge < -0.3 is 24.2 Å². The molecule has 2 amide bonds. The standard InChI is InChI=1S/C38H50F3N3O5SSi/c1-38(2,3)36(33-18-27(30-19-29(39)12-13-31(30)40)21-42(33)20-26-10-8-7-9-11-26)44(34(45)25-50-16-14-35(46)47)23-28-22-43(24-32(28)41)37(48)49-15-17-51(4,5)6/h7-13,18-19,21,28,32,36H,14-17,20,22-25H2,1-6H3,(H,46,47)/t28?,32-,36-/m0/s1. The van der Waals surface area contributed by atoms with Gasteiger partial charge in [0.25, 0.3) is 0 Å². The number of carbonyl (C=O) groups excluding carboxylic acids is 2. The predicted molar refractivity (Wildman–Crippen MR) is 198 cm³/mol. The molecule has 3 atom stereocenters. The quantitative estimate of drug-likeness (QED) is 0.124. The number of likely N-dealkylation sites (tertiary alicyclic amines) is 1. The lowest BCUT2D eigenvalue weighted by molar-refractivity contribution is -0.137. The average molecular weight is 746 g/mol. The fourth-order valence-corrected chi connectivity index (χ4v) is 7.82. The Morgan fingerprint density at radius 2 is 1.76 bits per heavy atom. The molecular formula is C38H50F3N3O5SSi. The normalized spacial score (nSPS) is 17.0. The van der Waals surface area contributed by atoms with Crippen LogP contribution in [0.3, 0.4) is 0 Å². The van der Waals surface area contributed by atoms with Gasteiger partial charge in [-0.25, -0.2) is 18.0 Å². The summed E-state index contributed by atoms with van der Waals surface area (Å²) in [5.74, 6) is -3.03. The Morgan fingerprint density at radius 3 is 2.41 bits per heavy atom. The van der Waals surface area contributed by atoms with Crippen molar-refractivity contribution in [2.75, 3.05) is 37.7 Å². The van der Waals surface area contributed by atoms with Crippen LogP contribution in [-0.2, 0) is 20.9 Å². The molecule has 0 aliphatic carbocycles. The molecule has 8 nitrogen and oxygen atoms in total. The number of halogens is 3. The molecule has 278 valence electrons. The van der Waals surface area contributed by atoms with Crippen LogP contribution in [0.2, 0.25) is 25.7 Å². The smallest absolute Gasteiger partial charge is 0.409 e. The maximum absolute atomic E-state index is 15.8. The van der Waals surface area contributed by atoms with E-state index in [0.717, 1.165) is 29.8 Å². The van der Waals surface area contributed by atoms with Crippen LogP contribution in [0.25, 0.3) is 11.1 Å². The van der Waals surface area contributed by atoms with Gasteiger partial charge in [-0.2, -0.15) is 11.8 Å². The summed E-state index contributed by atoms with van der Waals surface area (Å²) in [5.41, 5.74) is 1.43. The second-order valence-electron chi connectivity index (χ2n) is 15.5. The fourth-order valence-electron chi connectivity index (χ4n) is 6.31. The van der Waals surface area contributed by atoms with Gasteiger partial charge in [0.15, 0.2) is 0 Å². The summed E-state index contributed by atoms with van der Waals surface area (Å²) in [7, 11) is -1.45. The minimum Gasteiger partial charge on any atom is -0.481 e. The van der Waals surface area contributed by atoms with Gasteiger partial charge in [0.1, 0.15) is 17.8 Å². The molecule has 2 aromatic carbocycles. The molecule has 4 rings (SSSR count). The molecule has 13 heteroatoms. The third-order valence-electron chi connectivity index (χ3n) is 8.91. The molecule has 51 heavy (non-hydrogen) atoms. The molecule has 2 heterocycles. The summed E-state index contributed by atoms with van der Waals surface area (Å²) in [6.07, 6.45) is -0.369. The number of hydrogen-bond donors (Lipinski definition) is 1. The van der Waals surface area contributed by atoms with Crippen LogP contribution in [0.4, 0.5) is 18.0 Å². The summed E-state index contributed by atoms with van der Waals surface area (Å²) in [6.45, 7) is 12.9. The maximum Gasteiger partial charge on any atom is 0.409 e. The highest BCUT2D eigenvalue weighted by molar-refractivity contribution is 7.99. The lowest BCUT2D eigenvalue weighted by Crippen LogP contribution is -2.46. The Hall–Kier alpha value is -3.71. The van der Waals surface area contributed by atoms with E-state index in [1.807, 2.05) is 55.7 Å². The Bertz CT molecular complexity index is 1660. The van der Waals surface area contributed by atoms with E-state index in [4.69, 9.17) is 9.84 Å². The number of benzene rings is 2. The molecular weight excluding hydrogens is 696 g/mol. The maximum atomic E-state index is 15.8. The van der Waals surface area contributed by atoms with E-state index in [1.165, 1.54) is 16.7 Å². The molecule has 0 saturated carbocycles. The molecule has 1 aliphatic heterocycles. The van der Waals surface area contributed by atoms with Crippen LogP contribution in [0.1, 0.15) is 44.5 Å². The summed E-state index contributed by atoms with van der Waals surface area (Å²) >= 11 is 1.18. The third kappa shape index (κ3) is 11.4. The number of thioether (sulfide) groups is 1. The average Bonchev–Trinajstić information content (AvgIpc) is 3.61. The Morgan fingerprint density at radius 1 is 1.06 bits per heavy atom. The van der Waals surface area contributed by atoms with E-state index in [0.29, 0.717) is 17.8 Å². The van der Waals surface area contributed by atoms with Crippen LogP contribution in [0.15, 0.2) is 60.8 Å². The first-order valence-electron chi connectivity index (χ1n) is 17.3. The van der Waals surface area contributed by atoms with Crippen molar-refractivity contribution in [2.45, 2.75) is 71.6 Å². The van der Waals surface area contributed by atoms with Gasteiger partial charge in [-0.3, -0.25) is 9.59 Å². The minimum absolute atomic E-state index is 0.0275. The summed E-state index contributed by atoms with van der Waals surface area (Å²) in [6, 6.07) is 14.7. The topological polar surface area (TPSA) is 92.1 Å². The molecule has 0 bridgehead atoms. The molecule has 0 radical (unpaired) electrons. The van der Waals surface area contributed by atoms with Gasteiger partial charge in [0.2, 0.25) is 5.91 Å². The van der Waals surface area contributed by atoms with Crippen molar-refractivity contribution in [1.29, 1.82) is 0 Å². The van der Waals surface area contributed by atoms with Crippen LogP contribution in [0, 0.1) is 23.0 Å². The van der Waals surface area contributed by atoms with Gasteiger partial charge in [0.05, 0.1) is 31.4 Å². The van der Waals surface area contributed by atoms with Gasteiger partial charge >= 0.3 is 12.1 Å². The highest BCUT2D eigenvalue weighted by Gasteiger charge is 2.43. The largest absolute Gasteiger partial charge is 0.481 e. The zero-order valence-corrected chi connectivity index (χ0v) is 32.2. The van der Waals surface area contributed by atoms with E-state index in [2.05, 4.69) is 19.6 Å². The fraction of sp³-hybridized carbons (Fsp3) is 0.500. The number of amides is 2. The van der Waals surface area contributed by atoms with Crippen LogP contribution >= 0.6 is 11.8 Å². The number of aromatic nitrogens is 1. The predicted octanol–water partition coefficient (Wildman–Crippen LogP) is 8.35. The first-order valence-corrected chi connectivity index (χ1v) is 22.1. The van der Waals surface area contributed by atoms with Crippen molar-refractivity contribution < 1.29 is 37.4 Å². The van der Waals surface area contributed by atoms with Gasteiger partial charge in [-0.1, -0.05) is 70.7 Å². The lowest BCUT2D eigenvalue weighted by atomic mass is 9.82. The Balaban J connectivity index is 1.74. The highest BCUT2D eigenvalue weighted by atomic mass is 32.2. The minimum atomic E-state index is -1.45. The van der Waals surface area contributed by atoms with Crippen molar-refractivity contribution in [3.05, 3.63) is 83.7 Å². The second kappa shape index (κ2) is 17.2.